The Morgan fingerprint density at radius 1 is 0.895 bits per heavy atom. The van der Waals surface area contributed by atoms with Gasteiger partial charge in [-0.1, -0.05) is 0 Å². The predicted molar refractivity (Wildman–Crippen MR) is 75.6 cm³/mol. The van der Waals surface area contributed by atoms with E-state index in [0.717, 1.165) is 10.9 Å². The zero-order chi connectivity index (χ0) is 13.5. The number of rotatable bonds is 2. The first kappa shape index (κ1) is 12.6. The van der Waals surface area contributed by atoms with Crippen molar-refractivity contribution in [2.45, 2.75) is 9.79 Å². The number of aromatic amines is 1. The van der Waals surface area contributed by atoms with Gasteiger partial charge in [-0.05, 0) is 0 Å². The van der Waals surface area contributed by atoms with Gasteiger partial charge in [-0.15, -0.1) is 0 Å². The van der Waals surface area contributed by atoms with Gasteiger partial charge in [0.2, 0.25) is 0 Å². The van der Waals surface area contributed by atoms with Crippen molar-refractivity contribution in [3.8, 4) is 0 Å². The standard InChI is InChI=1S/C14H10NO2S.Li/c16-18(17,11-6-2-1-3-7-11)14-10-15-13-9-5-4-8-12(13)14;/h1-9,15H;. The molecule has 0 fully saturated rings. The van der Waals surface area contributed by atoms with Gasteiger partial charge in [0.15, 0.2) is 0 Å². The first-order valence-electron chi connectivity index (χ1n) is 5.98. The molecule has 0 aliphatic rings. The SMILES string of the molecule is [Li][c]1[nH]c2ccccc2c1S(=O)(=O)c1ccccc1. The van der Waals surface area contributed by atoms with E-state index in [9.17, 15) is 8.42 Å². The number of H-pyrrole nitrogens is 1. The second-order valence-electron chi connectivity index (χ2n) is 4.44. The number of nitrogens with one attached hydrogen (secondary N) is 1. The van der Waals surface area contributed by atoms with E-state index in [0.29, 0.717) is 14.2 Å². The molecular formula is C14H10LiNO2S. The van der Waals surface area contributed by atoms with E-state index in [1.807, 2.05) is 24.3 Å². The third-order valence-electron chi connectivity index (χ3n) is 3.16. The topological polar surface area (TPSA) is 49.9 Å². The molecule has 0 atom stereocenters. The summed E-state index contributed by atoms with van der Waals surface area (Å²) in [5.41, 5.74) is 0.842. The predicted octanol–water partition coefficient (Wildman–Crippen LogP) is 1.79. The van der Waals surface area contributed by atoms with Crippen LogP contribution >= 0.6 is 0 Å². The number of hydrogen-bond acceptors (Lipinski definition) is 2. The summed E-state index contributed by atoms with van der Waals surface area (Å²) >= 11 is 1.79. The summed E-state index contributed by atoms with van der Waals surface area (Å²) in [7, 11) is -3.48. The molecule has 0 aliphatic heterocycles. The molecule has 0 bridgehead atoms. The van der Waals surface area contributed by atoms with E-state index < -0.39 is 9.84 Å². The molecule has 0 unspecified atom stereocenters. The van der Waals surface area contributed by atoms with E-state index in [1.54, 1.807) is 48.0 Å². The summed E-state index contributed by atoms with van der Waals surface area (Å²) in [6.45, 7) is 0. The van der Waals surface area contributed by atoms with Gasteiger partial charge >= 0.3 is 121 Å². The molecule has 5 heteroatoms. The van der Waals surface area contributed by atoms with Crippen LogP contribution < -0.4 is 4.37 Å². The van der Waals surface area contributed by atoms with Crippen molar-refractivity contribution < 1.29 is 8.42 Å². The van der Waals surface area contributed by atoms with Gasteiger partial charge in [0.1, 0.15) is 0 Å². The molecular weight excluding hydrogens is 253 g/mol. The van der Waals surface area contributed by atoms with Gasteiger partial charge in [-0.25, -0.2) is 0 Å². The Labute approximate surface area is 120 Å². The van der Waals surface area contributed by atoms with Crippen molar-refractivity contribution in [1.29, 1.82) is 0 Å². The van der Waals surface area contributed by atoms with Gasteiger partial charge < -0.3 is 0 Å². The van der Waals surface area contributed by atoms with Crippen LogP contribution in [-0.2, 0) is 9.84 Å². The summed E-state index contributed by atoms with van der Waals surface area (Å²) in [6, 6.07) is 16.0. The van der Waals surface area contributed by atoms with Gasteiger partial charge in [-0.2, -0.15) is 0 Å². The average molecular weight is 263 g/mol. The summed E-state index contributed by atoms with van der Waals surface area (Å²) in [5, 5.41) is 0.740. The van der Waals surface area contributed by atoms with Crippen molar-refractivity contribution in [2.24, 2.45) is 0 Å². The zero-order valence-corrected chi connectivity index (χ0v) is 11.2. The molecule has 3 rings (SSSR count). The molecule has 3 nitrogen and oxygen atoms in total. The Balaban J connectivity index is 2.34. The molecule has 90 valence electrons. The maximum absolute atomic E-state index is 12.7. The van der Waals surface area contributed by atoms with Crippen LogP contribution in [0.15, 0.2) is 64.4 Å². The molecule has 0 aliphatic carbocycles. The Bertz CT molecular complexity index is 838. The minimum absolute atomic E-state index is 0.322. The molecule has 0 amide bonds. The van der Waals surface area contributed by atoms with Gasteiger partial charge in [0.05, 0.1) is 0 Å². The second-order valence-corrected chi connectivity index (χ2v) is 6.33. The molecule has 1 heterocycles. The third-order valence-corrected chi connectivity index (χ3v) is 5.11. The quantitative estimate of drug-likeness (QED) is 0.717. The molecule has 0 radical (unpaired) electrons. The first-order valence-corrected chi connectivity index (χ1v) is 7.46. The second kappa shape index (κ2) is 4.57. The monoisotopic (exact) mass is 263 g/mol. The van der Waals surface area contributed by atoms with E-state index in [-0.39, 0.29) is 0 Å². The maximum atomic E-state index is 12.7. The molecule has 2 aromatic carbocycles. The number of hydrogen-bond donors (Lipinski definition) is 1. The van der Waals surface area contributed by atoms with Crippen LogP contribution in [0.3, 0.4) is 0 Å². The molecule has 0 saturated heterocycles. The summed E-state index contributed by atoms with van der Waals surface area (Å²) in [4.78, 5) is 3.82. The van der Waals surface area contributed by atoms with E-state index >= 15 is 0 Å². The third kappa shape index (κ3) is 2.02. The van der Waals surface area contributed by atoms with Crippen LogP contribution in [0.2, 0.25) is 0 Å². The van der Waals surface area contributed by atoms with E-state index in [4.69, 9.17) is 0 Å². The van der Waals surface area contributed by atoms with Crippen LogP contribution in [0, 0.1) is 0 Å². The molecule has 19 heavy (non-hydrogen) atoms. The Kier molecular flexibility index (Phi) is 3.02. The van der Waals surface area contributed by atoms with Crippen LogP contribution in [0.25, 0.3) is 10.9 Å². The Hall–Kier alpha value is -1.47. The Morgan fingerprint density at radius 3 is 2.26 bits per heavy atom. The summed E-state index contributed by atoms with van der Waals surface area (Å²) in [5.74, 6) is 0. The van der Waals surface area contributed by atoms with Crippen LogP contribution in [-0.4, -0.2) is 31.1 Å². The van der Waals surface area contributed by atoms with Gasteiger partial charge in [0.25, 0.3) is 0 Å². The van der Waals surface area contributed by atoms with Crippen LogP contribution in [0.1, 0.15) is 0 Å². The fourth-order valence-corrected chi connectivity index (χ4v) is 3.99. The minimum atomic E-state index is -3.48. The summed E-state index contributed by atoms with van der Waals surface area (Å²) in [6.07, 6.45) is 0. The number of benzene rings is 2. The number of fused-ring (bicyclic) bond motifs is 1. The fraction of sp³-hybridized carbons (Fsp3) is 0. The van der Waals surface area contributed by atoms with E-state index in [1.165, 1.54) is 0 Å². The van der Waals surface area contributed by atoms with Crippen molar-refractivity contribution in [3.05, 3.63) is 54.6 Å². The van der Waals surface area contributed by atoms with E-state index in [2.05, 4.69) is 4.98 Å². The van der Waals surface area contributed by atoms with Crippen LogP contribution in [0.5, 0.6) is 0 Å². The van der Waals surface area contributed by atoms with Crippen molar-refractivity contribution in [3.63, 3.8) is 0 Å². The first-order chi connectivity index (χ1) is 9.10. The molecule has 1 aromatic heterocycles. The molecule has 3 aromatic rings. The molecule has 1 N–H and O–H groups in total. The summed E-state index contributed by atoms with van der Waals surface area (Å²) < 4.78 is 26.1. The molecule has 0 saturated carbocycles. The fourth-order valence-electron chi connectivity index (χ4n) is 2.31. The number of para-hydroxylation sites is 1. The van der Waals surface area contributed by atoms with Crippen molar-refractivity contribution in [2.75, 3.05) is 0 Å². The van der Waals surface area contributed by atoms with Crippen molar-refractivity contribution >= 4 is 42.8 Å². The zero-order valence-electron chi connectivity index (χ0n) is 10.4. The van der Waals surface area contributed by atoms with Crippen LogP contribution in [0.4, 0.5) is 0 Å². The van der Waals surface area contributed by atoms with Gasteiger partial charge in [0, 0.05) is 0 Å². The Morgan fingerprint density at radius 2 is 1.53 bits per heavy atom. The van der Waals surface area contributed by atoms with Crippen molar-refractivity contribution in [1.82, 2.24) is 4.98 Å². The molecule has 0 spiro atoms. The number of sulfone groups is 1. The average Bonchev–Trinajstić information content (AvgIpc) is 2.76. The van der Waals surface area contributed by atoms with Gasteiger partial charge in [-0.3, -0.25) is 0 Å². The normalized spacial score (nSPS) is 11.9. The number of aromatic nitrogens is 1.